The number of non-ortho nitro benzene ring substituents is 1. The summed E-state index contributed by atoms with van der Waals surface area (Å²) >= 11 is 0. The highest BCUT2D eigenvalue weighted by atomic mass is 16.6. The van der Waals surface area contributed by atoms with Crippen LogP contribution in [0.5, 0.6) is 0 Å². The van der Waals surface area contributed by atoms with Crippen molar-refractivity contribution in [3.05, 3.63) is 33.9 Å². The number of aliphatic hydroxyl groups excluding tert-OH is 1. The van der Waals surface area contributed by atoms with E-state index in [9.17, 15) is 15.2 Å². The molecule has 16 heavy (non-hydrogen) atoms. The lowest BCUT2D eigenvalue weighted by Crippen LogP contribution is -2.26. The normalized spacial score (nSPS) is 12.2. The second-order valence-electron chi connectivity index (χ2n) is 4.01. The highest BCUT2D eigenvalue weighted by Crippen LogP contribution is 2.22. The lowest BCUT2D eigenvalue weighted by Gasteiger charge is -2.21. The molecular weight excluding hydrogens is 208 g/mol. The average molecular weight is 224 g/mol. The number of nitrogens with zero attached hydrogens (tertiary/aromatic N) is 2. The summed E-state index contributed by atoms with van der Waals surface area (Å²) in [5, 5.41) is 19.9. The van der Waals surface area contributed by atoms with Crippen LogP contribution in [0.15, 0.2) is 18.2 Å². The Hall–Kier alpha value is -1.62. The zero-order valence-corrected chi connectivity index (χ0v) is 9.67. The fourth-order valence-corrected chi connectivity index (χ4v) is 1.57. The molecular formula is C11H16N2O3. The molecule has 0 saturated carbocycles. The lowest BCUT2D eigenvalue weighted by atomic mass is 10.2. The molecule has 0 heterocycles. The van der Waals surface area contributed by atoms with Gasteiger partial charge in [-0.1, -0.05) is 0 Å². The Morgan fingerprint density at radius 1 is 1.50 bits per heavy atom. The zero-order valence-electron chi connectivity index (χ0n) is 9.67. The Bertz CT molecular complexity index is 391. The molecule has 0 aliphatic carbocycles. The van der Waals surface area contributed by atoms with Crippen molar-refractivity contribution in [3.8, 4) is 0 Å². The minimum Gasteiger partial charge on any atom is -0.392 e. The number of aryl methyl sites for hydroxylation is 1. The molecule has 0 aliphatic rings. The number of hydrogen-bond donors (Lipinski definition) is 1. The molecule has 0 fully saturated rings. The Kier molecular flexibility index (Phi) is 3.84. The van der Waals surface area contributed by atoms with E-state index >= 15 is 0 Å². The van der Waals surface area contributed by atoms with Crippen LogP contribution in [-0.4, -0.2) is 29.7 Å². The van der Waals surface area contributed by atoms with Crippen LogP contribution in [-0.2, 0) is 0 Å². The van der Waals surface area contributed by atoms with Gasteiger partial charge in [-0.3, -0.25) is 10.1 Å². The van der Waals surface area contributed by atoms with Crippen molar-refractivity contribution < 1.29 is 10.0 Å². The summed E-state index contributed by atoms with van der Waals surface area (Å²) in [7, 11) is 1.80. The molecule has 0 aliphatic heterocycles. The summed E-state index contributed by atoms with van der Waals surface area (Å²) in [6.45, 7) is 3.94. The molecule has 1 N–H and O–H groups in total. The van der Waals surface area contributed by atoms with Crippen molar-refractivity contribution in [1.29, 1.82) is 0 Å². The quantitative estimate of drug-likeness (QED) is 0.624. The van der Waals surface area contributed by atoms with Gasteiger partial charge >= 0.3 is 0 Å². The zero-order chi connectivity index (χ0) is 12.3. The number of rotatable bonds is 4. The van der Waals surface area contributed by atoms with Gasteiger partial charge in [-0.25, -0.2) is 0 Å². The molecule has 0 saturated heterocycles. The second-order valence-corrected chi connectivity index (χ2v) is 4.01. The summed E-state index contributed by atoms with van der Waals surface area (Å²) in [6, 6.07) is 4.89. The van der Waals surface area contributed by atoms with Gasteiger partial charge in [0.1, 0.15) is 0 Å². The SMILES string of the molecule is Cc1cc(N(C)CC(C)O)cc([N+](=O)[O-])c1. The molecule has 1 atom stereocenters. The fraction of sp³-hybridized carbons (Fsp3) is 0.455. The number of hydrogen-bond acceptors (Lipinski definition) is 4. The Morgan fingerprint density at radius 3 is 2.62 bits per heavy atom. The van der Waals surface area contributed by atoms with E-state index in [1.54, 1.807) is 18.9 Å². The first-order chi connectivity index (χ1) is 7.40. The first kappa shape index (κ1) is 12.4. The second kappa shape index (κ2) is 4.94. The number of anilines is 1. The highest BCUT2D eigenvalue weighted by Gasteiger charge is 2.11. The Morgan fingerprint density at radius 2 is 2.12 bits per heavy atom. The van der Waals surface area contributed by atoms with Crippen LogP contribution in [0.2, 0.25) is 0 Å². The van der Waals surface area contributed by atoms with Gasteiger partial charge in [-0.2, -0.15) is 0 Å². The van der Waals surface area contributed by atoms with E-state index in [-0.39, 0.29) is 5.69 Å². The van der Waals surface area contributed by atoms with Crippen molar-refractivity contribution in [2.75, 3.05) is 18.5 Å². The third-order valence-electron chi connectivity index (χ3n) is 2.24. The predicted octanol–water partition coefficient (Wildman–Crippen LogP) is 1.72. The minimum atomic E-state index is -0.468. The molecule has 0 spiro atoms. The van der Waals surface area contributed by atoms with Crippen LogP contribution in [0.4, 0.5) is 11.4 Å². The number of likely N-dealkylation sites (N-methyl/N-ethyl adjacent to an activating group) is 1. The fourth-order valence-electron chi connectivity index (χ4n) is 1.57. The van der Waals surface area contributed by atoms with E-state index < -0.39 is 11.0 Å². The Labute approximate surface area is 94.5 Å². The number of nitro groups is 1. The smallest absolute Gasteiger partial charge is 0.271 e. The maximum atomic E-state index is 10.7. The van der Waals surface area contributed by atoms with Gasteiger partial charge in [0.15, 0.2) is 0 Å². The molecule has 0 bridgehead atoms. The first-order valence-electron chi connectivity index (χ1n) is 5.05. The van der Waals surface area contributed by atoms with Crippen molar-refractivity contribution in [1.82, 2.24) is 0 Å². The average Bonchev–Trinajstić information content (AvgIpc) is 2.15. The van der Waals surface area contributed by atoms with E-state index in [0.717, 1.165) is 11.3 Å². The van der Waals surface area contributed by atoms with E-state index in [2.05, 4.69) is 0 Å². The van der Waals surface area contributed by atoms with Crippen LogP contribution in [0.1, 0.15) is 12.5 Å². The molecule has 0 amide bonds. The molecule has 0 aromatic heterocycles. The summed E-state index contributed by atoms with van der Waals surface area (Å²) in [6.07, 6.45) is -0.468. The van der Waals surface area contributed by atoms with Crippen LogP contribution in [0.25, 0.3) is 0 Å². The van der Waals surface area contributed by atoms with Crippen LogP contribution in [0.3, 0.4) is 0 Å². The highest BCUT2D eigenvalue weighted by molar-refractivity contribution is 5.55. The van der Waals surface area contributed by atoms with E-state index in [0.29, 0.717) is 6.54 Å². The third kappa shape index (κ3) is 3.20. The van der Waals surface area contributed by atoms with E-state index in [4.69, 9.17) is 0 Å². The van der Waals surface area contributed by atoms with Crippen LogP contribution < -0.4 is 4.90 Å². The molecule has 88 valence electrons. The summed E-state index contributed by atoms with van der Waals surface area (Å²) in [5.74, 6) is 0. The predicted molar refractivity (Wildman–Crippen MR) is 62.8 cm³/mol. The topological polar surface area (TPSA) is 66.6 Å². The van der Waals surface area contributed by atoms with Crippen LogP contribution in [0, 0.1) is 17.0 Å². The monoisotopic (exact) mass is 224 g/mol. The van der Waals surface area contributed by atoms with Gasteiger partial charge in [0, 0.05) is 31.4 Å². The number of benzene rings is 1. The largest absolute Gasteiger partial charge is 0.392 e. The van der Waals surface area contributed by atoms with Crippen molar-refractivity contribution in [2.45, 2.75) is 20.0 Å². The summed E-state index contributed by atoms with van der Waals surface area (Å²) in [4.78, 5) is 12.1. The molecule has 1 aromatic rings. The summed E-state index contributed by atoms with van der Waals surface area (Å²) in [5.41, 5.74) is 1.65. The molecule has 1 unspecified atom stereocenters. The van der Waals surface area contributed by atoms with Gasteiger partial charge < -0.3 is 10.0 Å². The molecule has 5 heteroatoms. The standard InChI is InChI=1S/C11H16N2O3/c1-8-4-10(12(3)7-9(2)14)6-11(5-8)13(15)16/h4-6,9,14H,7H2,1-3H3. The third-order valence-corrected chi connectivity index (χ3v) is 2.24. The number of aliphatic hydroxyl groups is 1. The maximum Gasteiger partial charge on any atom is 0.271 e. The molecule has 1 aromatic carbocycles. The van der Waals surface area contributed by atoms with Gasteiger partial charge in [-0.05, 0) is 25.5 Å². The maximum absolute atomic E-state index is 10.7. The van der Waals surface area contributed by atoms with Crippen molar-refractivity contribution >= 4 is 11.4 Å². The molecule has 1 rings (SSSR count). The lowest BCUT2D eigenvalue weighted by molar-refractivity contribution is -0.384. The number of nitro benzene ring substituents is 1. The first-order valence-corrected chi connectivity index (χ1v) is 5.05. The van der Waals surface area contributed by atoms with Crippen LogP contribution >= 0.6 is 0 Å². The van der Waals surface area contributed by atoms with Gasteiger partial charge in [-0.15, -0.1) is 0 Å². The Balaban J connectivity index is 3.00. The molecule has 5 nitrogen and oxygen atoms in total. The van der Waals surface area contributed by atoms with Gasteiger partial charge in [0.05, 0.1) is 11.0 Å². The molecule has 0 radical (unpaired) electrons. The van der Waals surface area contributed by atoms with E-state index in [1.807, 2.05) is 13.0 Å². The van der Waals surface area contributed by atoms with Gasteiger partial charge in [0.25, 0.3) is 5.69 Å². The summed E-state index contributed by atoms with van der Waals surface area (Å²) < 4.78 is 0. The minimum absolute atomic E-state index is 0.0763. The van der Waals surface area contributed by atoms with Crippen molar-refractivity contribution in [3.63, 3.8) is 0 Å². The van der Waals surface area contributed by atoms with E-state index in [1.165, 1.54) is 12.1 Å². The van der Waals surface area contributed by atoms with Gasteiger partial charge in [0.2, 0.25) is 0 Å². The van der Waals surface area contributed by atoms with Crippen molar-refractivity contribution in [2.24, 2.45) is 0 Å².